The summed E-state index contributed by atoms with van der Waals surface area (Å²) in [7, 11) is -1.46. The highest BCUT2D eigenvalue weighted by Gasteiger charge is 2.51. The van der Waals surface area contributed by atoms with Gasteiger partial charge >= 0.3 is 18.2 Å². The van der Waals surface area contributed by atoms with Gasteiger partial charge < -0.3 is 38.5 Å². The number of carboxylic acids is 1. The van der Waals surface area contributed by atoms with Gasteiger partial charge in [-0.2, -0.15) is 13.2 Å². The lowest BCUT2D eigenvalue weighted by Crippen LogP contribution is -2.67. The SMILES string of the molecule is COC(C)c1ncccc1-c1c(CC(C)(C)CO[Si](c2ccccc2)(c2ccccc2)C(C)(C)C)c2cc(N3CCO[C@@H](CC(NC(=O)OCc4ccccc4)C(=O)O)C3)ccc2n1CC(F)(F)F. The molecular formula is C54H63F3N4O7Si. The number of benzene rings is 4. The van der Waals surface area contributed by atoms with Gasteiger partial charge in [0.05, 0.1) is 30.2 Å². The first-order valence-corrected chi connectivity index (χ1v) is 25.2. The first kappa shape index (κ1) is 50.9. The van der Waals surface area contributed by atoms with Crippen molar-refractivity contribution in [2.24, 2.45) is 5.41 Å². The van der Waals surface area contributed by atoms with Gasteiger partial charge in [0.15, 0.2) is 0 Å². The van der Waals surface area contributed by atoms with Gasteiger partial charge in [0.1, 0.15) is 19.2 Å². The lowest BCUT2D eigenvalue weighted by Gasteiger charge is -2.44. The zero-order chi connectivity index (χ0) is 49.6. The molecule has 0 aliphatic carbocycles. The van der Waals surface area contributed by atoms with Crippen LogP contribution in [-0.2, 0) is 43.0 Å². The Kier molecular flexibility index (Phi) is 15.7. The molecule has 2 unspecified atom stereocenters. The number of rotatable bonds is 18. The Balaban J connectivity index is 1.28. The van der Waals surface area contributed by atoms with Gasteiger partial charge in [0.2, 0.25) is 0 Å². The predicted octanol–water partition coefficient (Wildman–Crippen LogP) is 10.1. The molecule has 1 aliphatic rings. The van der Waals surface area contributed by atoms with E-state index in [0.717, 1.165) is 21.6 Å². The van der Waals surface area contributed by atoms with Crippen LogP contribution in [0.3, 0.4) is 0 Å². The quantitative estimate of drug-likeness (QED) is 0.0811. The largest absolute Gasteiger partial charge is 0.480 e. The van der Waals surface area contributed by atoms with Crippen LogP contribution in [0.15, 0.2) is 128 Å². The molecule has 1 amide bonds. The molecule has 11 nitrogen and oxygen atoms in total. The number of morpholine rings is 1. The number of aromatic nitrogens is 2. The summed E-state index contributed by atoms with van der Waals surface area (Å²) in [5.41, 5.74) is 3.41. The highest BCUT2D eigenvalue weighted by molar-refractivity contribution is 6.99. The minimum Gasteiger partial charge on any atom is -0.480 e. The van der Waals surface area contributed by atoms with Crippen LogP contribution in [-0.4, -0.2) is 86.8 Å². The first-order valence-electron chi connectivity index (χ1n) is 23.3. The highest BCUT2D eigenvalue weighted by atomic mass is 28.4. The Morgan fingerprint density at radius 2 is 1.54 bits per heavy atom. The number of alkyl halides is 3. The Bertz CT molecular complexity index is 2640. The maximum absolute atomic E-state index is 14.9. The number of pyridine rings is 1. The van der Waals surface area contributed by atoms with E-state index in [0.29, 0.717) is 53.0 Å². The second-order valence-corrected chi connectivity index (χ2v) is 23.9. The Morgan fingerprint density at radius 1 is 0.899 bits per heavy atom. The average Bonchev–Trinajstić information content (AvgIpc) is 3.60. The molecule has 366 valence electrons. The standard InChI is InChI=1S/C54H63F3N4O7Si/c1-37(65-7)48-43(24-17-27-58-48)49-45(32-53(5,6)36-68-69(52(2,3)4,41-20-13-9-14-21-41)42-22-15-10-16-23-42)44-30-39(25-26-47(44)61(49)35-54(55,56)57)60-28-29-66-40(33-60)31-46(50(62)63)59-51(64)67-34-38-18-11-8-12-19-38/h8-27,30,37,40,46H,28-29,31-36H2,1-7H3,(H,59,64)(H,62,63)/t37?,40-,46?/m0/s1. The summed E-state index contributed by atoms with van der Waals surface area (Å²) in [6.07, 6.45) is -4.68. The van der Waals surface area contributed by atoms with Crippen LogP contribution in [0.5, 0.6) is 0 Å². The van der Waals surface area contributed by atoms with Crippen LogP contribution in [0.4, 0.5) is 23.7 Å². The lowest BCUT2D eigenvalue weighted by molar-refractivity contribution is -0.141. The molecule has 0 spiro atoms. The van der Waals surface area contributed by atoms with E-state index in [1.54, 1.807) is 43.6 Å². The van der Waals surface area contributed by atoms with E-state index in [-0.39, 0.29) is 31.2 Å². The van der Waals surface area contributed by atoms with Crippen molar-refractivity contribution >= 4 is 47.3 Å². The number of hydrogen-bond acceptors (Lipinski definition) is 8. The van der Waals surface area contributed by atoms with E-state index < -0.39 is 56.8 Å². The smallest absolute Gasteiger partial charge is 0.408 e. The number of fused-ring (bicyclic) bond motifs is 1. The van der Waals surface area contributed by atoms with Gasteiger partial charge in [-0.1, -0.05) is 126 Å². The molecule has 6 aromatic rings. The van der Waals surface area contributed by atoms with Gasteiger partial charge in [0, 0.05) is 61.6 Å². The Morgan fingerprint density at radius 3 is 2.13 bits per heavy atom. The van der Waals surface area contributed by atoms with Crippen LogP contribution < -0.4 is 20.6 Å². The third-order valence-corrected chi connectivity index (χ3v) is 17.9. The second-order valence-electron chi connectivity index (χ2n) is 19.6. The molecule has 3 heterocycles. The number of carbonyl (C=O) groups is 2. The molecule has 15 heteroatoms. The van der Waals surface area contributed by atoms with Gasteiger partial charge in [0.25, 0.3) is 8.32 Å². The number of alkyl carbamates (subject to hydrolysis) is 1. The van der Waals surface area contributed by atoms with Crippen LogP contribution >= 0.6 is 0 Å². The van der Waals surface area contributed by atoms with Crippen molar-refractivity contribution in [2.75, 3.05) is 38.3 Å². The van der Waals surface area contributed by atoms with Crippen molar-refractivity contribution in [3.8, 4) is 11.3 Å². The van der Waals surface area contributed by atoms with Gasteiger partial charge in [-0.25, -0.2) is 9.59 Å². The molecule has 0 bridgehead atoms. The van der Waals surface area contributed by atoms with Crippen LogP contribution in [0.25, 0.3) is 22.2 Å². The Hall–Kier alpha value is -6.00. The molecule has 3 atom stereocenters. The van der Waals surface area contributed by atoms with Crippen molar-refractivity contribution in [3.63, 3.8) is 0 Å². The number of aliphatic carboxylic acids is 1. The lowest BCUT2D eigenvalue weighted by atomic mass is 9.84. The van der Waals surface area contributed by atoms with Crippen molar-refractivity contribution in [2.45, 2.75) is 97.0 Å². The van der Waals surface area contributed by atoms with E-state index in [1.165, 1.54) is 4.57 Å². The summed E-state index contributed by atoms with van der Waals surface area (Å²) in [6.45, 7) is 12.7. The topological polar surface area (TPSA) is 124 Å². The summed E-state index contributed by atoms with van der Waals surface area (Å²) in [4.78, 5) is 31.9. The van der Waals surface area contributed by atoms with E-state index >= 15 is 0 Å². The van der Waals surface area contributed by atoms with Gasteiger partial charge in [-0.15, -0.1) is 0 Å². The molecular weight excluding hydrogens is 902 g/mol. The minimum absolute atomic E-state index is 0.0257. The summed E-state index contributed by atoms with van der Waals surface area (Å²) in [5.74, 6) is -1.24. The number of carboxylic acid groups (broad SMARTS) is 1. The monoisotopic (exact) mass is 964 g/mol. The fourth-order valence-electron chi connectivity index (χ4n) is 9.58. The maximum atomic E-state index is 14.9. The van der Waals surface area contributed by atoms with Crippen molar-refractivity contribution in [3.05, 3.63) is 144 Å². The third-order valence-electron chi connectivity index (χ3n) is 12.9. The molecule has 1 fully saturated rings. The fraction of sp³-hybridized carbons (Fsp3) is 0.389. The van der Waals surface area contributed by atoms with Crippen molar-refractivity contribution in [1.82, 2.24) is 14.9 Å². The second kappa shape index (κ2) is 21.3. The van der Waals surface area contributed by atoms with Gasteiger partial charge in [-0.05, 0) is 75.6 Å². The highest BCUT2D eigenvalue weighted by Crippen LogP contribution is 2.44. The molecule has 0 saturated carbocycles. The Labute approximate surface area is 403 Å². The number of nitrogens with zero attached hydrogens (tertiary/aromatic N) is 3. The van der Waals surface area contributed by atoms with E-state index in [1.807, 2.05) is 78.6 Å². The van der Waals surface area contributed by atoms with E-state index in [2.05, 4.69) is 69.2 Å². The predicted molar refractivity (Wildman–Crippen MR) is 265 cm³/mol. The summed E-state index contributed by atoms with van der Waals surface area (Å²) < 4.78 is 70.7. The molecule has 1 saturated heterocycles. The van der Waals surface area contributed by atoms with Crippen molar-refractivity contribution < 1.29 is 46.5 Å². The molecule has 69 heavy (non-hydrogen) atoms. The van der Waals surface area contributed by atoms with Crippen LogP contribution in [0, 0.1) is 5.41 Å². The summed E-state index contributed by atoms with van der Waals surface area (Å²) >= 11 is 0. The molecule has 4 aromatic carbocycles. The first-order chi connectivity index (χ1) is 32.8. The molecule has 7 rings (SSSR count). The molecule has 2 aromatic heterocycles. The fourth-order valence-corrected chi connectivity index (χ4v) is 14.3. The number of amides is 1. The van der Waals surface area contributed by atoms with Crippen LogP contribution in [0.2, 0.25) is 5.04 Å². The van der Waals surface area contributed by atoms with Crippen LogP contribution in [0.1, 0.15) is 70.9 Å². The number of anilines is 1. The summed E-state index contributed by atoms with van der Waals surface area (Å²) in [6, 6.07) is 37.5. The number of hydrogen-bond donors (Lipinski definition) is 2. The van der Waals surface area contributed by atoms with Crippen molar-refractivity contribution in [1.29, 1.82) is 0 Å². The average molecular weight is 965 g/mol. The van der Waals surface area contributed by atoms with Gasteiger partial charge in [-0.3, -0.25) is 4.98 Å². The number of ether oxygens (including phenoxy) is 3. The third kappa shape index (κ3) is 11.9. The zero-order valence-corrected chi connectivity index (χ0v) is 41.4. The molecule has 2 N–H and O–H groups in total. The van der Waals surface area contributed by atoms with E-state index in [9.17, 15) is 27.9 Å². The molecule has 1 aliphatic heterocycles. The minimum atomic E-state index is -4.58. The number of methoxy groups -OCH3 is 1. The molecule has 0 radical (unpaired) electrons. The number of nitrogens with one attached hydrogen (secondary N) is 1. The van der Waals surface area contributed by atoms with E-state index in [4.69, 9.17) is 18.6 Å². The maximum Gasteiger partial charge on any atom is 0.408 e. The zero-order valence-electron chi connectivity index (χ0n) is 40.4. The normalized spacial score (nSPS) is 15.7. The number of halogens is 3. The summed E-state index contributed by atoms with van der Waals surface area (Å²) in [5, 5.41) is 15.2. The number of carbonyl (C=O) groups excluding carboxylic acids is 1.